The van der Waals surface area contributed by atoms with E-state index in [1.54, 1.807) is 15.9 Å². The van der Waals surface area contributed by atoms with Crippen LogP contribution in [0.25, 0.3) is 11.2 Å². The molecular weight excluding hydrogens is 224 g/mol. The Balaban J connectivity index is 2.10. The summed E-state index contributed by atoms with van der Waals surface area (Å²) in [6.07, 6.45) is 3.01. The molecule has 0 amide bonds. The molecule has 5 nitrogen and oxygen atoms in total. The Morgan fingerprint density at radius 1 is 1.44 bits per heavy atom. The fourth-order valence-electron chi connectivity index (χ4n) is 1.55. The molecule has 3 aromatic rings. The predicted octanol–water partition coefficient (Wildman–Crippen LogP) is 1.23. The summed E-state index contributed by atoms with van der Waals surface area (Å²) in [7, 11) is 0. The number of aromatic amines is 1. The first-order valence-corrected chi connectivity index (χ1v) is 5.63. The monoisotopic (exact) mass is 232 g/mol. The summed E-state index contributed by atoms with van der Waals surface area (Å²) in [6.45, 7) is 0.554. The molecule has 1 N–H and O–H groups in total. The number of H-pyrrole nitrogens is 1. The van der Waals surface area contributed by atoms with E-state index < -0.39 is 0 Å². The first kappa shape index (κ1) is 9.29. The highest BCUT2D eigenvalue weighted by atomic mass is 32.1. The maximum atomic E-state index is 12.0. The van der Waals surface area contributed by atoms with Gasteiger partial charge in [0.15, 0.2) is 11.2 Å². The average Bonchev–Trinajstić information content (AvgIpc) is 2.93. The highest BCUT2D eigenvalue weighted by Crippen LogP contribution is 2.09. The van der Waals surface area contributed by atoms with Gasteiger partial charge in [0.05, 0.1) is 12.9 Å². The summed E-state index contributed by atoms with van der Waals surface area (Å²) in [4.78, 5) is 24.0. The highest BCUT2D eigenvalue weighted by Gasteiger charge is 2.06. The molecule has 0 saturated carbocycles. The molecule has 0 radical (unpaired) electrons. The standard InChI is InChI=1S/C10H8N4OS/c15-10-8-9(12-5-11-8)13-6-14(10)4-7-2-1-3-16-7/h1-3,5-6H,4H2,(H,11,12). The smallest absolute Gasteiger partial charge is 0.279 e. The van der Waals surface area contributed by atoms with Gasteiger partial charge in [0, 0.05) is 4.88 Å². The molecule has 0 saturated heterocycles. The van der Waals surface area contributed by atoms with Gasteiger partial charge in [0.2, 0.25) is 0 Å². The van der Waals surface area contributed by atoms with Gasteiger partial charge >= 0.3 is 0 Å². The molecule has 6 heteroatoms. The highest BCUT2D eigenvalue weighted by molar-refractivity contribution is 7.09. The number of rotatable bonds is 2. The normalized spacial score (nSPS) is 11.0. The molecule has 0 atom stereocenters. The van der Waals surface area contributed by atoms with E-state index in [2.05, 4.69) is 15.0 Å². The van der Waals surface area contributed by atoms with E-state index in [1.165, 1.54) is 12.7 Å². The second-order valence-corrected chi connectivity index (χ2v) is 4.39. The fourth-order valence-corrected chi connectivity index (χ4v) is 2.25. The maximum absolute atomic E-state index is 12.0. The van der Waals surface area contributed by atoms with E-state index in [4.69, 9.17) is 0 Å². The first-order valence-electron chi connectivity index (χ1n) is 4.75. The lowest BCUT2D eigenvalue weighted by molar-refractivity contribution is 0.756. The lowest BCUT2D eigenvalue weighted by atomic mass is 10.4. The molecule has 3 rings (SSSR count). The van der Waals surface area contributed by atoms with Crippen LogP contribution in [-0.4, -0.2) is 19.5 Å². The van der Waals surface area contributed by atoms with Gasteiger partial charge in [-0.2, -0.15) is 0 Å². The third-order valence-corrected chi connectivity index (χ3v) is 3.18. The van der Waals surface area contributed by atoms with E-state index in [9.17, 15) is 4.79 Å². The molecule has 0 fully saturated rings. The zero-order valence-electron chi connectivity index (χ0n) is 8.25. The summed E-state index contributed by atoms with van der Waals surface area (Å²) < 4.78 is 1.58. The molecule has 0 bridgehead atoms. The van der Waals surface area contributed by atoms with Crippen LogP contribution in [0.5, 0.6) is 0 Å². The number of nitrogens with one attached hydrogen (secondary N) is 1. The zero-order valence-corrected chi connectivity index (χ0v) is 9.07. The van der Waals surface area contributed by atoms with Crippen LogP contribution in [0.2, 0.25) is 0 Å². The van der Waals surface area contributed by atoms with Crippen LogP contribution in [0.4, 0.5) is 0 Å². The van der Waals surface area contributed by atoms with Crippen molar-refractivity contribution in [3.63, 3.8) is 0 Å². The Bertz CT molecular complexity index is 668. The van der Waals surface area contributed by atoms with Gasteiger partial charge in [-0.15, -0.1) is 11.3 Å². The van der Waals surface area contributed by atoms with Crippen LogP contribution in [0.1, 0.15) is 4.88 Å². The van der Waals surface area contributed by atoms with Gasteiger partial charge in [0.25, 0.3) is 5.56 Å². The van der Waals surface area contributed by atoms with Gasteiger partial charge in [-0.3, -0.25) is 9.36 Å². The number of imidazole rings is 1. The topological polar surface area (TPSA) is 63.6 Å². The number of hydrogen-bond donors (Lipinski definition) is 1. The molecule has 0 aliphatic carbocycles. The minimum absolute atomic E-state index is 0.0871. The molecular formula is C10H8N4OS. The van der Waals surface area contributed by atoms with Gasteiger partial charge in [0.1, 0.15) is 6.33 Å². The van der Waals surface area contributed by atoms with E-state index >= 15 is 0 Å². The van der Waals surface area contributed by atoms with E-state index in [-0.39, 0.29) is 5.56 Å². The van der Waals surface area contributed by atoms with Crippen LogP contribution >= 0.6 is 11.3 Å². The minimum atomic E-state index is -0.0871. The van der Waals surface area contributed by atoms with Crippen molar-refractivity contribution < 1.29 is 0 Å². The first-order chi connectivity index (χ1) is 7.84. The van der Waals surface area contributed by atoms with Gasteiger partial charge in [-0.05, 0) is 11.4 Å². The van der Waals surface area contributed by atoms with Crippen LogP contribution in [-0.2, 0) is 6.54 Å². The maximum Gasteiger partial charge on any atom is 0.279 e. The number of hydrogen-bond acceptors (Lipinski definition) is 4. The molecule has 3 aromatic heterocycles. The van der Waals surface area contributed by atoms with Gasteiger partial charge in [-0.25, -0.2) is 9.97 Å². The zero-order chi connectivity index (χ0) is 11.0. The Hall–Kier alpha value is -1.95. The molecule has 0 aliphatic heterocycles. The molecule has 16 heavy (non-hydrogen) atoms. The summed E-state index contributed by atoms with van der Waals surface area (Å²) >= 11 is 1.62. The molecule has 0 aromatic carbocycles. The summed E-state index contributed by atoms with van der Waals surface area (Å²) in [5.74, 6) is 0. The van der Waals surface area contributed by atoms with E-state index in [1.807, 2.05) is 17.5 Å². The largest absolute Gasteiger partial charge is 0.339 e. The van der Waals surface area contributed by atoms with Crippen molar-refractivity contribution >= 4 is 22.5 Å². The molecule has 0 spiro atoms. The average molecular weight is 232 g/mol. The Morgan fingerprint density at radius 3 is 3.19 bits per heavy atom. The van der Waals surface area contributed by atoms with Crippen LogP contribution < -0.4 is 5.56 Å². The van der Waals surface area contributed by atoms with Crippen molar-refractivity contribution in [2.75, 3.05) is 0 Å². The second kappa shape index (κ2) is 3.57. The van der Waals surface area contributed by atoms with Gasteiger partial charge in [-0.1, -0.05) is 6.07 Å². The predicted molar refractivity (Wildman–Crippen MR) is 61.6 cm³/mol. The second-order valence-electron chi connectivity index (χ2n) is 3.36. The Kier molecular flexibility index (Phi) is 2.07. The third kappa shape index (κ3) is 1.43. The van der Waals surface area contributed by atoms with Crippen molar-refractivity contribution in [1.82, 2.24) is 19.5 Å². The molecule has 80 valence electrons. The van der Waals surface area contributed by atoms with Gasteiger partial charge < -0.3 is 4.98 Å². The molecule has 0 unspecified atom stereocenters. The van der Waals surface area contributed by atoms with Crippen LogP contribution in [0.15, 0.2) is 35.0 Å². The summed E-state index contributed by atoms with van der Waals surface area (Å²) in [5, 5.41) is 1.99. The number of nitrogens with zero attached hydrogens (tertiary/aromatic N) is 3. The summed E-state index contributed by atoms with van der Waals surface area (Å²) in [5.41, 5.74) is 0.836. The van der Waals surface area contributed by atoms with Crippen molar-refractivity contribution in [3.05, 3.63) is 45.4 Å². The Labute approximate surface area is 94.4 Å². The van der Waals surface area contributed by atoms with Crippen molar-refractivity contribution in [2.24, 2.45) is 0 Å². The lowest BCUT2D eigenvalue weighted by Crippen LogP contribution is -2.20. The minimum Gasteiger partial charge on any atom is -0.339 e. The number of fused-ring (bicyclic) bond motifs is 1. The van der Waals surface area contributed by atoms with Crippen molar-refractivity contribution in [3.8, 4) is 0 Å². The fraction of sp³-hybridized carbons (Fsp3) is 0.100. The molecule has 0 aliphatic rings. The Morgan fingerprint density at radius 2 is 2.38 bits per heavy atom. The SMILES string of the molecule is O=c1c2[nH]cnc2ncn1Cc1cccs1. The third-order valence-electron chi connectivity index (χ3n) is 2.32. The number of thiophene rings is 1. The van der Waals surface area contributed by atoms with Crippen LogP contribution in [0.3, 0.4) is 0 Å². The molecule has 3 heterocycles. The lowest BCUT2D eigenvalue weighted by Gasteiger charge is -2.01. The summed E-state index contributed by atoms with van der Waals surface area (Å²) in [6, 6.07) is 3.96. The van der Waals surface area contributed by atoms with Crippen molar-refractivity contribution in [2.45, 2.75) is 6.54 Å². The van der Waals surface area contributed by atoms with Crippen molar-refractivity contribution in [1.29, 1.82) is 0 Å². The quantitative estimate of drug-likeness (QED) is 0.722. The van der Waals surface area contributed by atoms with E-state index in [0.717, 1.165) is 4.88 Å². The van der Waals surface area contributed by atoms with Crippen LogP contribution in [0, 0.1) is 0 Å². The van der Waals surface area contributed by atoms with E-state index in [0.29, 0.717) is 17.7 Å². The number of aromatic nitrogens is 4.